The Kier molecular flexibility index (Phi) is 3.72. The molecule has 1 aromatic carbocycles. The van der Waals surface area contributed by atoms with E-state index in [1.165, 1.54) is 0 Å². The van der Waals surface area contributed by atoms with Gasteiger partial charge in [-0.3, -0.25) is 4.79 Å². The van der Waals surface area contributed by atoms with E-state index in [1.807, 2.05) is 12.1 Å². The molecule has 3 rings (SSSR count). The van der Waals surface area contributed by atoms with Crippen molar-refractivity contribution in [1.29, 1.82) is 0 Å². The number of amides is 1. The van der Waals surface area contributed by atoms with Crippen molar-refractivity contribution in [3.05, 3.63) is 51.3 Å². The van der Waals surface area contributed by atoms with Gasteiger partial charge in [0.25, 0.3) is 5.91 Å². The van der Waals surface area contributed by atoms with Crippen molar-refractivity contribution in [2.75, 3.05) is 6.61 Å². The number of halogens is 2. The number of hydrogen-bond acceptors (Lipinski definition) is 3. The van der Waals surface area contributed by atoms with Crippen molar-refractivity contribution in [1.82, 2.24) is 5.32 Å². The van der Waals surface area contributed by atoms with Crippen LogP contribution in [0.1, 0.15) is 28.6 Å². The van der Waals surface area contributed by atoms with Crippen LogP contribution in [0.15, 0.2) is 39.4 Å². The first kappa shape index (κ1) is 13.5. The van der Waals surface area contributed by atoms with Crippen LogP contribution < -0.4 is 10.1 Å². The number of fused-ring (bicyclic) bond motifs is 1. The van der Waals surface area contributed by atoms with Gasteiger partial charge in [0, 0.05) is 17.0 Å². The van der Waals surface area contributed by atoms with E-state index in [2.05, 4.69) is 21.2 Å². The van der Waals surface area contributed by atoms with Crippen LogP contribution in [-0.4, -0.2) is 12.5 Å². The molecule has 1 aliphatic heterocycles. The fraction of sp³-hybridized carbons (Fsp3) is 0.214. The number of ether oxygens (including phenoxy) is 1. The lowest BCUT2D eigenvalue weighted by Crippen LogP contribution is -2.31. The summed E-state index contributed by atoms with van der Waals surface area (Å²) in [5.74, 6) is 0.770. The van der Waals surface area contributed by atoms with Crippen molar-refractivity contribution in [3.8, 4) is 5.75 Å². The predicted molar refractivity (Wildman–Crippen MR) is 78.2 cm³/mol. The zero-order chi connectivity index (χ0) is 14.1. The Labute approximate surface area is 129 Å². The number of furan rings is 1. The van der Waals surface area contributed by atoms with Crippen molar-refractivity contribution < 1.29 is 13.9 Å². The largest absolute Gasteiger partial charge is 0.493 e. The summed E-state index contributed by atoms with van der Waals surface area (Å²) in [6.45, 7) is 0.557. The van der Waals surface area contributed by atoms with Crippen LogP contribution >= 0.6 is 27.5 Å². The third-order valence-corrected chi connectivity index (χ3v) is 3.77. The summed E-state index contributed by atoms with van der Waals surface area (Å²) in [4.78, 5) is 12.1. The second kappa shape index (κ2) is 5.50. The molecular formula is C14H11BrClNO3. The van der Waals surface area contributed by atoms with Crippen LogP contribution in [0, 0.1) is 0 Å². The molecule has 0 aliphatic carbocycles. The minimum Gasteiger partial charge on any atom is -0.493 e. The molecule has 2 heterocycles. The molecule has 1 N–H and O–H groups in total. The molecule has 4 nitrogen and oxygen atoms in total. The van der Waals surface area contributed by atoms with Gasteiger partial charge in [-0.05, 0) is 46.3 Å². The number of rotatable bonds is 2. The van der Waals surface area contributed by atoms with E-state index in [4.69, 9.17) is 20.8 Å². The summed E-state index contributed by atoms with van der Waals surface area (Å²) in [7, 11) is 0. The lowest BCUT2D eigenvalue weighted by molar-refractivity contribution is 0.0895. The van der Waals surface area contributed by atoms with Crippen LogP contribution in [0.3, 0.4) is 0 Å². The van der Waals surface area contributed by atoms with Gasteiger partial charge in [-0.15, -0.1) is 0 Å². The second-order valence-corrected chi connectivity index (χ2v) is 5.67. The topological polar surface area (TPSA) is 51.5 Å². The lowest BCUT2D eigenvalue weighted by Gasteiger charge is -2.26. The molecule has 0 radical (unpaired) electrons. The fourth-order valence-electron chi connectivity index (χ4n) is 2.18. The first-order valence-electron chi connectivity index (χ1n) is 6.12. The molecule has 1 aromatic heterocycles. The monoisotopic (exact) mass is 355 g/mol. The fourth-order valence-corrected chi connectivity index (χ4v) is 2.67. The zero-order valence-electron chi connectivity index (χ0n) is 10.4. The van der Waals surface area contributed by atoms with Crippen LogP contribution in [-0.2, 0) is 0 Å². The molecule has 6 heteroatoms. The molecule has 20 heavy (non-hydrogen) atoms. The van der Waals surface area contributed by atoms with Gasteiger partial charge in [0.15, 0.2) is 10.4 Å². The molecule has 0 saturated carbocycles. The van der Waals surface area contributed by atoms with Crippen molar-refractivity contribution >= 4 is 33.4 Å². The molecule has 104 valence electrons. The number of nitrogens with one attached hydrogen (secondary N) is 1. The minimum atomic E-state index is -0.256. The first-order valence-corrected chi connectivity index (χ1v) is 7.29. The Morgan fingerprint density at radius 3 is 2.95 bits per heavy atom. The zero-order valence-corrected chi connectivity index (χ0v) is 12.7. The Balaban J connectivity index is 1.82. The van der Waals surface area contributed by atoms with E-state index < -0.39 is 0 Å². The molecule has 1 atom stereocenters. The third kappa shape index (κ3) is 2.69. The van der Waals surface area contributed by atoms with Gasteiger partial charge in [0.1, 0.15) is 5.75 Å². The van der Waals surface area contributed by atoms with Gasteiger partial charge in [-0.1, -0.05) is 11.6 Å². The third-order valence-electron chi connectivity index (χ3n) is 3.11. The van der Waals surface area contributed by atoms with Gasteiger partial charge >= 0.3 is 0 Å². The van der Waals surface area contributed by atoms with E-state index in [1.54, 1.807) is 18.2 Å². The van der Waals surface area contributed by atoms with Gasteiger partial charge in [0.05, 0.1) is 12.6 Å². The Hall–Kier alpha value is -1.46. The molecule has 1 amide bonds. The number of carbonyl (C=O) groups is 1. The molecule has 2 aromatic rings. The smallest absolute Gasteiger partial charge is 0.287 e. The maximum absolute atomic E-state index is 12.1. The first-order chi connectivity index (χ1) is 9.63. The minimum absolute atomic E-state index is 0.131. The standard InChI is InChI=1S/C14H11BrClNO3/c15-13-4-3-12(20-13)14(18)17-10-5-6-19-11-2-1-8(16)7-9(10)11/h1-4,7,10H,5-6H2,(H,17,18). The molecule has 0 fully saturated rings. The van der Waals surface area contributed by atoms with Crippen molar-refractivity contribution in [2.24, 2.45) is 0 Å². The van der Waals surface area contributed by atoms with Crippen LogP contribution in [0.5, 0.6) is 5.75 Å². The van der Waals surface area contributed by atoms with Gasteiger partial charge < -0.3 is 14.5 Å². The lowest BCUT2D eigenvalue weighted by atomic mass is 10.0. The Morgan fingerprint density at radius 1 is 1.35 bits per heavy atom. The molecule has 0 saturated heterocycles. The number of hydrogen-bond donors (Lipinski definition) is 1. The molecular weight excluding hydrogens is 346 g/mol. The Morgan fingerprint density at radius 2 is 2.20 bits per heavy atom. The molecule has 0 bridgehead atoms. The maximum Gasteiger partial charge on any atom is 0.287 e. The number of carbonyl (C=O) groups excluding carboxylic acids is 1. The van der Waals surface area contributed by atoms with Gasteiger partial charge in [0.2, 0.25) is 0 Å². The van der Waals surface area contributed by atoms with Crippen molar-refractivity contribution in [2.45, 2.75) is 12.5 Å². The number of benzene rings is 1. The van der Waals surface area contributed by atoms with Crippen LogP contribution in [0.25, 0.3) is 0 Å². The highest BCUT2D eigenvalue weighted by atomic mass is 79.9. The average Bonchev–Trinajstić information content (AvgIpc) is 2.86. The summed E-state index contributed by atoms with van der Waals surface area (Å²) in [6.07, 6.45) is 0.695. The average molecular weight is 357 g/mol. The molecule has 1 unspecified atom stereocenters. The SMILES string of the molecule is O=C(NC1CCOc2ccc(Cl)cc21)c1ccc(Br)o1. The summed E-state index contributed by atoms with van der Waals surface area (Å²) < 4.78 is 11.3. The van der Waals surface area contributed by atoms with Gasteiger partial charge in [-0.25, -0.2) is 0 Å². The van der Waals surface area contributed by atoms with Crippen molar-refractivity contribution in [3.63, 3.8) is 0 Å². The highest BCUT2D eigenvalue weighted by molar-refractivity contribution is 9.10. The summed E-state index contributed by atoms with van der Waals surface area (Å²) >= 11 is 9.18. The summed E-state index contributed by atoms with van der Waals surface area (Å²) in [6, 6.07) is 8.59. The quantitative estimate of drug-likeness (QED) is 0.886. The highest BCUT2D eigenvalue weighted by Crippen LogP contribution is 2.34. The molecule has 1 aliphatic rings. The van der Waals surface area contributed by atoms with Crippen LogP contribution in [0.4, 0.5) is 0 Å². The summed E-state index contributed by atoms with van der Waals surface area (Å²) in [5, 5.41) is 3.56. The summed E-state index contributed by atoms with van der Waals surface area (Å²) in [5.41, 5.74) is 0.891. The maximum atomic E-state index is 12.1. The predicted octanol–water partition coefficient (Wildman–Crippen LogP) is 3.95. The van der Waals surface area contributed by atoms with Gasteiger partial charge in [-0.2, -0.15) is 0 Å². The van der Waals surface area contributed by atoms with E-state index in [9.17, 15) is 4.79 Å². The normalized spacial score (nSPS) is 17.2. The highest BCUT2D eigenvalue weighted by Gasteiger charge is 2.24. The van der Waals surface area contributed by atoms with Crippen LogP contribution in [0.2, 0.25) is 5.02 Å². The van der Waals surface area contributed by atoms with E-state index in [-0.39, 0.29) is 17.7 Å². The van der Waals surface area contributed by atoms with E-state index in [0.29, 0.717) is 22.7 Å². The molecule has 0 spiro atoms. The Bertz CT molecular complexity index is 656. The van der Waals surface area contributed by atoms with E-state index >= 15 is 0 Å². The van der Waals surface area contributed by atoms with E-state index in [0.717, 1.165) is 11.3 Å². The second-order valence-electron chi connectivity index (χ2n) is 4.45.